The topological polar surface area (TPSA) is 102 Å². The molecule has 0 atom stereocenters. The fraction of sp³-hybridized carbons (Fsp3) is 0.235. The molecule has 118 valence electrons. The van der Waals surface area contributed by atoms with Gasteiger partial charge in [0.25, 0.3) is 5.56 Å². The number of benzene rings is 1. The van der Waals surface area contributed by atoms with Crippen molar-refractivity contribution in [2.45, 2.75) is 25.8 Å². The highest BCUT2D eigenvalue weighted by Crippen LogP contribution is 2.27. The molecule has 1 aromatic carbocycles. The number of carboxylic acids is 1. The summed E-state index contributed by atoms with van der Waals surface area (Å²) >= 11 is 0. The summed E-state index contributed by atoms with van der Waals surface area (Å²) in [6.07, 6.45) is 3.13. The highest BCUT2D eigenvalue weighted by Gasteiger charge is 2.18. The molecule has 3 rings (SSSR count). The molecule has 0 radical (unpaired) electrons. The average molecular weight is 312 g/mol. The third-order valence-corrected chi connectivity index (χ3v) is 4.11. The molecule has 6 heteroatoms. The number of aryl methyl sites for hydroxylation is 2. The number of carboxylic acid groups (broad SMARTS) is 1. The number of carbonyl (C=O) groups excluding carboxylic acids is 1. The smallest absolute Gasteiger partial charge is 0.341 e. The van der Waals surface area contributed by atoms with Gasteiger partial charge in [0.05, 0.1) is 5.69 Å². The molecule has 0 fully saturated rings. The second kappa shape index (κ2) is 5.72. The van der Waals surface area contributed by atoms with E-state index >= 15 is 0 Å². The molecule has 1 aliphatic carbocycles. The predicted octanol–water partition coefficient (Wildman–Crippen LogP) is 1.19. The Balaban J connectivity index is 2.18. The number of aromatic nitrogens is 1. The molecule has 1 aliphatic rings. The van der Waals surface area contributed by atoms with E-state index < -0.39 is 17.4 Å². The van der Waals surface area contributed by atoms with Crippen molar-refractivity contribution in [1.29, 1.82) is 0 Å². The summed E-state index contributed by atoms with van der Waals surface area (Å²) in [7, 11) is 0. The normalized spacial score (nSPS) is 12.9. The Morgan fingerprint density at radius 3 is 2.57 bits per heavy atom. The Bertz CT molecular complexity index is 867. The molecule has 1 heterocycles. The van der Waals surface area contributed by atoms with Gasteiger partial charge < -0.3 is 10.8 Å². The van der Waals surface area contributed by atoms with Gasteiger partial charge in [0, 0.05) is 0 Å². The molecular formula is C17H16N2O4. The predicted molar refractivity (Wildman–Crippen MR) is 84.3 cm³/mol. The zero-order valence-corrected chi connectivity index (χ0v) is 12.4. The van der Waals surface area contributed by atoms with E-state index in [2.05, 4.69) is 0 Å². The minimum absolute atomic E-state index is 0.355. The van der Waals surface area contributed by atoms with E-state index in [1.54, 1.807) is 6.07 Å². The van der Waals surface area contributed by atoms with E-state index in [1.165, 1.54) is 17.2 Å². The van der Waals surface area contributed by atoms with Crippen LogP contribution in [0.15, 0.2) is 35.1 Å². The molecule has 6 nitrogen and oxygen atoms in total. The second-order valence-corrected chi connectivity index (χ2v) is 5.63. The Morgan fingerprint density at radius 1 is 1.13 bits per heavy atom. The van der Waals surface area contributed by atoms with Gasteiger partial charge in [-0.1, -0.05) is 12.1 Å². The molecular weight excluding hydrogens is 296 g/mol. The number of hydrogen-bond acceptors (Lipinski definition) is 3. The van der Waals surface area contributed by atoms with Gasteiger partial charge in [0.15, 0.2) is 0 Å². The van der Waals surface area contributed by atoms with Gasteiger partial charge in [-0.15, -0.1) is 0 Å². The number of aromatic carboxylic acids is 1. The summed E-state index contributed by atoms with van der Waals surface area (Å²) in [4.78, 5) is 34.8. The van der Waals surface area contributed by atoms with E-state index in [9.17, 15) is 14.4 Å². The molecule has 2 aromatic rings. The molecule has 0 saturated heterocycles. The quantitative estimate of drug-likeness (QED) is 0.885. The number of rotatable bonds is 4. The van der Waals surface area contributed by atoms with Crippen molar-refractivity contribution < 1.29 is 14.7 Å². The summed E-state index contributed by atoms with van der Waals surface area (Å²) in [6, 6.07) is 8.71. The Labute approximate surface area is 132 Å². The molecule has 0 bridgehead atoms. The maximum absolute atomic E-state index is 12.3. The second-order valence-electron chi connectivity index (χ2n) is 5.63. The van der Waals surface area contributed by atoms with Crippen LogP contribution in [-0.2, 0) is 24.2 Å². The van der Waals surface area contributed by atoms with Crippen LogP contribution in [0.25, 0.3) is 11.3 Å². The first kappa shape index (κ1) is 15.0. The highest BCUT2D eigenvalue weighted by atomic mass is 16.4. The number of nitrogens with two attached hydrogens (primary N) is 1. The van der Waals surface area contributed by atoms with Crippen LogP contribution in [0.1, 0.15) is 27.9 Å². The molecule has 0 aliphatic heterocycles. The zero-order valence-electron chi connectivity index (χ0n) is 12.4. The number of carbonyl (C=O) groups is 2. The van der Waals surface area contributed by atoms with E-state index in [0.717, 1.165) is 29.4 Å². The lowest BCUT2D eigenvalue weighted by molar-refractivity contribution is -0.118. The lowest BCUT2D eigenvalue weighted by Crippen LogP contribution is -2.32. The van der Waals surface area contributed by atoms with Crippen molar-refractivity contribution >= 4 is 11.9 Å². The van der Waals surface area contributed by atoms with Gasteiger partial charge in [0.2, 0.25) is 5.91 Å². The Hall–Kier alpha value is -2.89. The molecule has 0 unspecified atom stereocenters. The first-order valence-corrected chi connectivity index (χ1v) is 7.35. The van der Waals surface area contributed by atoms with Crippen LogP contribution in [0, 0.1) is 0 Å². The maximum Gasteiger partial charge on any atom is 0.341 e. The van der Waals surface area contributed by atoms with E-state index in [0.29, 0.717) is 5.69 Å². The molecule has 0 saturated carbocycles. The van der Waals surface area contributed by atoms with Gasteiger partial charge in [-0.2, -0.15) is 0 Å². The van der Waals surface area contributed by atoms with Gasteiger partial charge >= 0.3 is 5.97 Å². The third kappa shape index (κ3) is 2.75. The number of pyridine rings is 1. The highest BCUT2D eigenvalue weighted by molar-refractivity contribution is 5.88. The molecule has 23 heavy (non-hydrogen) atoms. The fourth-order valence-electron chi connectivity index (χ4n) is 3.04. The largest absolute Gasteiger partial charge is 0.477 e. The minimum Gasteiger partial charge on any atom is -0.477 e. The van der Waals surface area contributed by atoms with Crippen molar-refractivity contribution in [2.24, 2.45) is 5.73 Å². The standard InChI is InChI=1S/C17H16N2O4/c18-15(20)9-19-14(7-6-13(16(19)21)17(22)23)12-5-4-10-2-1-3-11(10)8-12/h4-8H,1-3,9H2,(H2,18,20)(H,22,23). The van der Waals surface area contributed by atoms with Crippen LogP contribution in [0.5, 0.6) is 0 Å². The Kier molecular flexibility index (Phi) is 3.73. The lowest BCUT2D eigenvalue weighted by atomic mass is 10.0. The average Bonchev–Trinajstić information content (AvgIpc) is 2.95. The van der Waals surface area contributed by atoms with Crippen LogP contribution >= 0.6 is 0 Å². The summed E-state index contributed by atoms with van der Waals surface area (Å²) in [5.41, 5.74) is 7.89. The van der Waals surface area contributed by atoms with Crippen LogP contribution < -0.4 is 11.3 Å². The van der Waals surface area contributed by atoms with Crippen LogP contribution in [0.3, 0.4) is 0 Å². The molecule has 0 spiro atoms. The maximum atomic E-state index is 12.3. The molecule has 1 amide bonds. The van der Waals surface area contributed by atoms with E-state index in [-0.39, 0.29) is 12.1 Å². The van der Waals surface area contributed by atoms with Gasteiger partial charge in [-0.3, -0.25) is 14.2 Å². The number of fused-ring (bicyclic) bond motifs is 1. The van der Waals surface area contributed by atoms with Crippen molar-refractivity contribution in [2.75, 3.05) is 0 Å². The summed E-state index contributed by atoms with van der Waals surface area (Å²) in [5.74, 6) is -2.02. The number of amides is 1. The van der Waals surface area contributed by atoms with Gasteiger partial charge in [-0.05, 0) is 54.2 Å². The minimum atomic E-state index is -1.33. The monoisotopic (exact) mass is 312 g/mol. The summed E-state index contributed by atoms with van der Waals surface area (Å²) < 4.78 is 1.13. The number of hydrogen-bond donors (Lipinski definition) is 2. The molecule has 1 aromatic heterocycles. The lowest BCUT2D eigenvalue weighted by Gasteiger charge is -2.13. The number of primary amides is 1. The SMILES string of the molecule is NC(=O)Cn1c(-c2ccc3c(c2)CCC3)ccc(C(=O)O)c1=O. The van der Waals surface area contributed by atoms with Crippen LogP contribution in [0.4, 0.5) is 0 Å². The zero-order chi connectivity index (χ0) is 16.6. The Morgan fingerprint density at radius 2 is 1.87 bits per heavy atom. The molecule has 3 N–H and O–H groups in total. The fourth-order valence-corrected chi connectivity index (χ4v) is 3.04. The summed E-state index contributed by atoms with van der Waals surface area (Å²) in [5, 5.41) is 9.08. The van der Waals surface area contributed by atoms with Gasteiger partial charge in [0.1, 0.15) is 12.1 Å². The van der Waals surface area contributed by atoms with Crippen molar-refractivity contribution in [3.8, 4) is 11.3 Å². The first-order valence-electron chi connectivity index (χ1n) is 7.35. The van der Waals surface area contributed by atoms with Crippen molar-refractivity contribution in [1.82, 2.24) is 4.57 Å². The van der Waals surface area contributed by atoms with Crippen LogP contribution in [-0.4, -0.2) is 21.6 Å². The van der Waals surface area contributed by atoms with E-state index in [4.69, 9.17) is 10.8 Å². The van der Waals surface area contributed by atoms with Crippen LogP contribution in [0.2, 0.25) is 0 Å². The van der Waals surface area contributed by atoms with Gasteiger partial charge in [-0.25, -0.2) is 4.79 Å². The first-order chi connectivity index (χ1) is 11.0. The van der Waals surface area contributed by atoms with E-state index in [1.807, 2.05) is 18.2 Å². The van der Waals surface area contributed by atoms with Crippen molar-refractivity contribution in [3.05, 3.63) is 57.4 Å². The summed E-state index contributed by atoms with van der Waals surface area (Å²) in [6.45, 7) is -0.355. The number of nitrogens with zero attached hydrogens (tertiary/aromatic N) is 1. The third-order valence-electron chi connectivity index (χ3n) is 4.11. The van der Waals surface area contributed by atoms with Crippen molar-refractivity contribution in [3.63, 3.8) is 0 Å².